The summed E-state index contributed by atoms with van der Waals surface area (Å²) in [5.74, 6) is 1.72. The molecule has 0 radical (unpaired) electrons. The molecule has 1 aliphatic heterocycles. The molecular formula is C25H28N2O5S. The topological polar surface area (TPSA) is 72.2 Å². The van der Waals surface area contributed by atoms with Gasteiger partial charge in [-0.05, 0) is 47.7 Å². The molecule has 0 spiro atoms. The van der Waals surface area contributed by atoms with Gasteiger partial charge in [-0.1, -0.05) is 12.1 Å². The number of ether oxygens (including phenoxy) is 2. The van der Waals surface area contributed by atoms with Crippen LogP contribution in [0.1, 0.15) is 22.6 Å². The minimum Gasteiger partial charge on any atom is -0.493 e. The molecule has 0 aliphatic carbocycles. The average molecular weight is 469 g/mol. The summed E-state index contributed by atoms with van der Waals surface area (Å²) in [5, 5.41) is 2.00. The van der Waals surface area contributed by atoms with Gasteiger partial charge in [-0.2, -0.15) is 0 Å². The molecular weight excluding hydrogens is 440 g/mol. The number of methoxy groups -OCH3 is 2. The Hall–Kier alpha value is -3.26. The first-order chi connectivity index (χ1) is 16.1. The zero-order valence-electron chi connectivity index (χ0n) is 18.9. The highest BCUT2D eigenvalue weighted by molar-refractivity contribution is 7.09. The van der Waals surface area contributed by atoms with Crippen LogP contribution in [0.5, 0.6) is 11.5 Å². The van der Waals surface area contributed by atoms with Crippen molar-refractivity contribution in [1.29, 1.82) is 0 Å². The van der Waals surface area contributed by atoms with Crippen molar-refractivity contribution in [3.63, 3.8) is 0 Å². The largest absolute Gasteiger partial charge is 0.493 e. The van der Waals surface area contributed by atoms with Crippen LogP contribution >= 0.6 is 11.3 Å². The monoisotopic (exact) mass is 468 g/mol. The molecule has 8 heteroatoms. The zero-order chi connectivity index (χ0) is 23.2. The number of carbonyl (C=O) groups is 2. The van der Waals surface area contributed by atoms with Gasteiger partial charge in [0.2, 0.25) is 11.8 Å². The number of amides is 2. The molecule has 2 amide bonds. The first kappa shape index (κ1) is 22.9. The summed E-state index contributed by atoms with van der Waals surface area (Å²) in [5.41, 5.74) is 1.05. The van der Waals surface area contributed by atoms with Crippen LogP contribution in [0.4, 0.5) is 0 Å². The van der Waals surface area contributed by atoms with E-state index in [1.807, 2.05) is 47.8 Å². The molecule has 4 rings (SSSR count). The summed E-state index contributed by atoms with van der Waals surface area (Å²) >= 11 is 1.62. The summed E-state index contributed by atoms with van der Waals surface area (Å²) in [6.07, 6.45) is 2.53. The third kappa shape index (κ3) is 5.57. The number of benzene rings is 1. The smallest absolute Gasteiger partial charge is 0.228 e. The Balaban J connectivity index is 1.39. The van der Waals surface area contributed by atoms with E-state index in [2.05, 4.69) is 0 Å². The molecule has 1 aromatic carbocycles. The third-order valence-corrected chi connectivity index (χ3v) is 6.71. The maximum Gasteiger partial charge on any atom is 0.228 e. The Morgan fingerprint density at radius 3 is 2.70 bits per heavy atom. The maximum atomic E-state index is 13.4. The Morgan fingerprint density at radius 1 is 1.15 bits per heavy atom. The summed E-state index contributed by atoms with van der Waals surface area (Å²) < 4.78 is 16.1. The lowest BCUT2D eigenvalue weighted by Gasteiger charge is -2.24. The second-order valence-electron chi connectivity index (χ2n) is 8.03. The standard InChI is InChI=1S/C25H28N2O5S/c1-30-22-8-7-18(13-23(22)31-2)9-10-26-15-19(14-24(26)28)25(29)27(16-20-5-3-11-32-20)17-21-6-4-12-33-21/h3-8,11-13,19H,9-10,14-17H2,1-2H3. The van der Waals surface area contributed by atoms with Gasteiger partial charge in [-0.15, -0.1) is 11.3 Å². The number of rotatable bonds is 10. The lowest BCUT2D eigenvalue weighted by Crippen LogP contribution is -2.36. The van der Waals surface area contributed by atoms with Gasteiger partial charge in [0.05, 0.1) is 39.5 Å². The molecule has 7 nitrogen and oxygen atoms in total. The van der Waals surface area contributed by atoms with Crippen LogP contribution in [0.3, 0.4) is 0 Å². The molecule has 1 unspecified atom stereocenters. The first-order valence-electron chi connectivity index (χ1n) is 10.9. The van der Waals surface area contributed by atoms with Crippen molar-refractivity contribution in [2.24, 2.45) is 5.92 Å². The fourth-order valence-corrected chi connectivity index (χ4v) is 4.82. The van der Waals surface area contributed by atoms with Crippen molar-refractivity contribution in [1.82, 2.24) is 9.80 Å². The van der Waals surface area contributed by atoms with Crippen molar-refractivity contribution in [2.75, 3.05) is 27.3 Å². The second-order valence-corrected chi connectivity index (χ2v) is 9.07. The molecule has 3 aromatic rings. The molecule has 1 atom stereocenters. The normalized spacial score (nSPS) is 15.6. The molecule has 1 saturated heterocycles. The number of thiophene rings is 1. The Kier molecular flexibility index (Phi) is 7.34. The maximum absolute atomic E-state index is 13.4. The molecule has 0 saturated carbocycles. The number of carbonyl (C=O) groups excluding carboxylic acids is 2. The van der Waals surface area contributed by atoms with Crippen molar-refractivity contribution in [3.05, 3.63) is 70.3 Å². The quantitative estimate of drug-likeness (QED) is 0.450. The molecule has 174 valence electrons. The zero-order valence-corrected chi connectivity index (χ0v) is 19.7. The van der Waals surface area contributed by atoms with Gasteiger partial charge in [0, 0.05) is 24.4 Å². The molecule has 1 fully saturated rings. The van der Waals surface area contributed by atoms with E-state index >= 15 is 0 Å². The third-order valence-electron chi connectivity index (χ3n) is 5.85. The van der Waals surface area contributed by atoms with Crippen molar-refractivity contribution in [3.8, 4) is 11.5 Å². The van der Waals surface area contributed by atoms with E-state index in [0.29, 0.717) is 44.1 Å². The summed E-state index contributed by atoms with van der Waals surface area (Å²) in [7, 11) is 3.21. The van der Waals surface area contributed by atoms with E-state index in [1.165, 1.54) is 0 Å². The average Bonchev–Trinajstić information content (AvgIpc) is 3.60. The highest BCUT2D eigenvalue weighted by Gasteiger charge is 2.36. The number of hydrogen-bond donors (Lipinski definition) is 0. The lowest BCUT2D eigenvalue weighted by atomic mass is 10.1. The van der Waals surface area contributed by atoms with Crippen molar-refractivity contribution >= 4 is 23.2 Å². The Bertz CT molecular complexity index is 1030. The van der Waals surface area contributed by atoms with Gasteiger partial charge in [-0.3, -0.25) is 9.59 Å². The van der Waals surface area contributed by atoms with Crippen LogP contribution in [0.2, 0.25) is 0 Å². The summed E-state index contributed by atoms with van der Waals surface area (Å²) in [4.78, 5) is 30.8. The van der Waals surface area contributed by atoms with Gasteiger partial charge in [0.15, 0.2) is 11.5 Å². The highest BCUT2D eigenvalue weighted by atomic mass is 32.1. The fourth-order valence-electron chi connectivity index (χ4n) is 4.11. The molecule has 0 N–H and O–H groups in total. The van der Waals surface area contributed by atoms with E-state index in [4.69, 9.17) is 13.9 Å². The number of likely N-dealkylation sites (tertiary alicyclic amines) is 1. The van der Waals surface area contributed by atoms with Crippen molar-refractivity contribution in [2.45, 2.75) is 25.9 Å². The molecule has 1 aliphatic rings. The Labute approximate surface area is 197 Å². The van der Waals surface area contributed by atoms with E-state index in [1.54, 1.807) is 41.6 Å². The lowest BCUT2D eigenvalue weighted by molar-refractivity contribution is -0.137. The van der Waals surface area contributed by atoms with Crippen LogP contribution < -0.4 is 9.47 Å². The van der Waals surface area contributed by atoms with E-state index in [-0.39, 0.29) is 24.2 Å². The fraction of sp³-hybridized carbons (Fsp3) is 0.360. The highest BCUT2D eigenvalue weighted by Crippen LogP contribution is 2.28. The van der Waals surface area contributed by atoms with Crippen LogP contribution in [0, 0.1) is 5.92 Å². The van der Waals surface area contributed by atoms with Crippen LogP contribution in [-0.4, -0.2) is 48.9 Å². The van der Waals surface area contributed by atoms with Crippen LogP contribution in [-0.2, 0) is 29.1 Å². The van der Waals surface area contributed by atoms with Gasteiger partial charge < -0.3 is 23.7 Å². The van der Waals surface area contributed by atoms with E-state index < -0.39 is 0 Å². The van der Waals surface area contributed by atoms with E-state index in [0.717, 1.165) is 16.2 Å². The van der Waals surface area contributed by atoms with Gasteiger partial charge in [0.25, 0.3) is 0 Å². The van der Waals surface area contributed by atoms with Gasteiger partial charge >= 0.3 is 0 Å². The molecule has 2 aromatic heterocycles. The molecule has 0 bridgehead atoms. The SMILES string of the molecule is COc1ccc(CCN2CC(C(=O)N(Cc3ccco3)Cc3cccs3)CC2=O)cc1OC. The summed E-state index contributed by atoms with van der Waals surface area (Å²) in [6, 6.07) is 13.4. The number of hydrogen-bond acceptors (Lipinski definition) is 6. The minimum absolute atomic E-state index is 0.0123. The van der Waals surface area contributed by atoms with E-state index in [9.17, 15) is 9.59 Å². The predicted molar refractivity (Wildman–Crippen MR) is 125 cm³/mol. The number of furan rings is 1. The second kappa shape index (κ2) is 10.6. The van der Waals surface area contributed by atoms with Crippen LogP contribution in [0.15, 0.2) is 58.5 Å². The Morgan fingerprint density at radius 2 is 2.00 bits per heavy atom. The summed E-state index contributed by atoms with van der Waals surface area (Å²) in [6.45, 7) is 1.89. The van der Waals surface area contributed by atoms with Crippen molar-refractivity contribution < 1.29 is 23.5 Å². The molecule has 33 heavy (non-hydrogen) atoms. The minimum atomic E-state index is -0.349. The van der Waals surface area contributed by atoms with Gasteiger partial charge in [-0.25, -0.2) is 0 Å². The van der Waals surface area contributed by atoms with Gasteiger partial charge in [0.1, 0.15) is 5.76 Å². The van der Waals surface area contributed by atoms with Crippen LogP contribution in [0.25, 0.3) is 0 Å². The number of nitrogens with zero attached hydrogens (tertiary/aromatic N) is 2. The first-order valence-corrected chi connectivity index (χ1v) is 11.8. The molecule has 3 heterocycles. The predicted octanol–water partition coefficient (Wildman–Crippen LogP) is 3.98.